The zero-order valence-corrected chi connectivity index (χ0v) is 11.6. The predicted octanol–water partition coefficient (Wildman–Crippen LogP) is 3.66. The maximum atomic E-state index is 6.18. The lowest BCUT2D eigenvalue weighted by Crippen LogP contribution is -2.17. The Labute approximate surface area is 113 Å². The van der Waals surface area contributed by atoms with E-state index in [2.05, 4.69) is 22.4 Å². The summed E-state index contributed by atoms with van der Waals surface area (Å²) in [6.45, 7) is 3.99. The van der Waals surface area contributed by atoms with Crippen LogP contribution < -0.4 is 5.32 Å². The lowest BCUT2D eigenvalue weighted by atomic mass is 9.99. The molecule has 0 aliphatic rings. The smallest absolute Gasteiger partial charge is 0.0590 e. The van der Waals surface area contributed by atoms with Crippen LogP contribution in [0.5, 0.6) is 0 Å². The van der Waals surface area contributed by atoms with Gasteiger partial charge in [0, 0.05) is 16.9 Å². The summed E-state index contributed by atoms with van der Waals surface area (Å²) in [5.74, 6) is 0. The van der Waals surface area contributed by atoms with Crippen molar-refractivity contribution < 1.29 is 0 Å². The van der Waals surface area contributed by atoms with Crippen LogP contribution in [0.25, 0.3) is 0 Å². The number of hydrogen-bond donors (Lipinski definition) is 1. The van der Waals surface area contributed by atoms with Gasteiger partial charge in [0.2, 0.25) is 0 Å². The Morgan fingerprint density at radius 1 is 1.11 bits per heavy atom. The normalized spacial score (nSPS) is 12.4. The van der Waals surface area contributed by atoms with Gasteiger partial charge < -0.3 is 5.32 Å². The largest absolute Gasteiger partial charge is 0.309 e. The van der Waals surface area contributed by atoms with Crippen LogP contribution in [0.2, 0.25) is 5.02 Å². The molecule has 1 aromatic carbocycles. The highest BCUT2D eigenvalue weighted by molar-refractivity contribution is 6.31. The van der Waals surface area contributed by atoms with Gasteiger partial charge in [-0.15, -0.1) is 0 Å². The predicted molar refractivity (Wildman–Crippen MR) is 76.1 cm³/mol. The first-order valence-electron chi connectivity index (χ1n) is 5.97. The third kappa shape index (κ3) is 2.71. The first-order chi connectivity index (χ1) is 8.61. The van der Waals surface area contributed by atoms with Crippen molar-refractivity contribution in [3.8, 4) is 0 Å². The molecule has 0 saturated carbocycles. The van der Waals surface area contributed by atoms with E-state index in [1.165, 1.54) is 0 Å². The van der Waals surface area contributed by atoms with Gasteiger partial charge in [-0.1, -0.05) is 29.8 Å². The Balaban J connectivity index is 2.38. The molecule has 0 radical (unpaired) electrons. The van der Waals surface area contributed by atoms with Gasteiger partial charge in [0.15, 0.2) is 0 Å². The van der Waals surface area contributed by atoms with Crippen LogP contribution >= 0.6 is 11.6 Å². The third-order valence-electron chi connectivity index (χ3n) is 3.09. The molecule has 2 aromatic rings. The summed E-state index contributed by atoms with van der Waals surface area (Å²) < 4.78 is 0. The molecule has 1 N–H and O–H groups in total. The Hall–Kier alpha value is -1.38. The number of benzene rings is 1. The molecule has 2 nitrogen and oxygen atoms in total. The van der Waals surface area contributed by atoms with Crippen LogP contribution in [0, 0.1) is 13.8 Å². The Morgan fingerprint density at radius 2 is 1.83 bits per heavy atom. The molecule has 0 spiro atoms. The summed E-state index contributed by atoms with van der Waals surface area (Å²) in [6.07, 6.45) is 1.91. The van der Waals surface area contributed by atoms with Crippen molar-refractivity contribution in [2.45, 2.75) is 19.9 Å². The van der Waals surface area contributed by atoms with Gasteiger partial charge >= 0.3 is 0 Å². The van der Waals surface area contributed by atoms with Crippen molar-refractivity contribution in [3.05, 3.63) is 63.9 Å². The lowest BCUT2D eigenvalue weighted by molar-refractivity contribution is 0.688. The number of nitrogens with one attached hydrogen (secondary N) is 1. The average Bonchev–Trinajstić information content (AvgIpc) is 2.37. The summed E-state index contributed by atoms with van der Waals surface area (Å²) in [4.78, 5) is 4.34. The van der Waals surface area contributed by atoms with Gasteiger partial charge in [-0.2, -0.15) is 0 Å². The lowest BCUT2D eigenvalue weighted by Gasteiger charge is -2.17. The monoisotopic (exact) mass is 260 g/mol. The van der Waals surface area contributed by atoms with Crippen molar-refractivity contribution in [2.24, 2.45) is 0 Å². The first-order valence-corrected chi connectivity index (χ1v) is 6.35. The number of halogens is 1. The highest BCUT2D eigenvalue weighted by Crippen LogP contribution is 2.25. The fraction of sp³-hybridized carbons (Fsp3) is 0.267. The van der Waals surface area contributed by atoms with E-state index in [-0.39, 0.29) is 6.04 Å². The fourth-order valence-electron chi connectivity index (χ4n) is 1.96. The van der Waals surface area contributed by atoms with Gasteiger partial charge in [0.05, 0.1) is 6.04 Å². The highest BCUT2D eigenvalue weighted by atomic mass is 35.5. The molecule has 0 saturated heterocycles. The van der Waals surface area contributed by atoms with E-state index in [0.717, 1.165) is 27.4 Å². The quantitative estimate of drug-likeness (QED) is 0.911. The van der Waals surface area contributed by atoms with Crippen LogP contribution in [0.4, 0.5) is 0 Å². The summed E-state index contributed by atoms with van der Waals surface area (Å²) in [7, 11) is 1.94. The molecule has 0 bridgehead atoms. The first kappa shape index (κ1) is 13.1. The van der Waals surface area contributed by atoms with E-state index in [1.807, 2.05) is 45.3 Å². The molecule has 0 fully saturated rings. The fourth-order valence-corrected chi connectivity index (χ4v) is 2.15. The van der Waals surface area contributed by atoms with E-state index in [1.54, 1.807) is 0 Å². The minimum absolute atomic E-state index is 0.121. The summed E-state index contributed by atoms with van der Waals surface area (Å²) in [6, 6.07) is 10.4. The second kappa shape index (κ2) is 5.51. The molecular weight excluding hydrogens is 244 g/mol. The molecule has 1 atom stereocenters. The maximum Gasteiger partial charge on any atom is 0.0590 e. The molecule has 18 heavy (non-hydrogen) atoms. The van der Waals surface area contributed by atoms with E-state index in [4.69, 9.17) is 11.6 Å². The van der Waals surface area contributed by atoms with Crippen molar-refractivity contribution in [2.75, 3.05) is 7.05 Å². The van der Waals surface area contributed by atoms with E-state index in [9.17, 15) is 0 Å². The van der Waals surface area contributed by atoms with Gasteiger partial charge in [-0.25, -0.2) is 0 Å². The molecule has 94 valence electrons. The standard InChI is InChI=1S/C15H17ClN2/c1-10-4-6-12(8-14(10)16)15(17-3)13-7-5-11(2)18-9-13/h4-9,15,17H,1-3H3. The van der Waals surface area contributed by atoms with Crippen molar-refractivity contribution in [1.82, 2.24) is 10.3 Å². The number of rotatable bonds is 3. The second-order valence-corrected chi connectivity index (χ2v) is 4.87. The van der Waals surface area contributed by atoms with Crippen LogP contribution in [0.15, 0.2) is 36.5 Å². The zero-order chi connectivity index (χ0) is 13.1. The average molecular weight is 261 g/mol. The van der Waals surface area contributed by atoms with Gasteiger partial charge in [0.25, 0.3) is 0 Å². The molecule has 0 aliphatic carbocycles. The second-order valence-electron chi connectivity index (χ2n) is 4.46. The Kier molecular flexibility index (Phi) is 4.00. The highest BCUT2D eigenvalue weighted by Gasteiger charge is 2.13. The number of pyridine rings is 1. The van der Waals surface area contributed by atoms with Crippen molar-refractivity contribution >= 4 is 11.6 Å². The molecule has 2 rings (SSSR count). The zero-order valence-electron chi connectivity index (χ0n) is 10.9. The number of nitrogens with zero attached hydrogens (tertiary/aromatic N) is 1. The minimum Gasteiger partial charge on any atom is -0.309 e. The number of aryl methyl sites for hydroxylation is 2. The molecule has 1 heterocycles. The number of aromatic nitrogens is 1. The van der Waals surface area contributed by atoms with E-state index < -0.39 is 0 Å². The van der Waals surface area contributed by atoms with Crippen LogP contribution in [-0.2, 0) is 0 Å². The van der Waals surface area contributed by atoms with Gasteiger partial charge in [-0.3, -0.25) is 4.98 Å². The maximum absolute atomic E-state index is 6.18. The third-order valence-corrected chi connectivity index (χ3v) is 3.49. The molecular formula is C15H17ClN2. The molecule has 0 amide bonds. The Morgan fingerprint density at radius 3 is 2.39 bits per heavy atom. The number of hydrogen-bond acceptors (Lipinski definition) is 2. The van der Waals surface area contributed by atoms with Gasteiger partial charge in [0.1, 0.15) is 0 Å². The van der Waals surface area contributed by atoms with Crippen LogP contribution in [0.3, 0.4) is 0 Å². The van der Waals surface area contributed by atoms with Gasteiger partial charge in [-0.05, 0) is 49.7 Å². The summed E-state index contributed by atoms with van der Waals surface area (Å²) >= 11 is 6.18. The summed E-state index contributed by atoms with van der Waals surface area (Å²) in [5.41, 5.74) is 4.41. The van der Waals surface area contributed by atoms with Crippen LogP contribution in [0.1, 0.15) is 28.4 Å². The van der Waals surface area contributed by atoms with E-state index in [0.29, 0.717) is 0 Å². The minimum atomic E-state index is 0.121. The molecule has 3 heteroatoms. The van der Waals surface area contributed by atoms with Crippen molar-refractivity contribution in [3.63, 3.8) is 0 Å². The van der Waals surface area contributed by atoms with Crippen LogP contribution in [-0.4, -0.2) is 12.0 Å². The summed E-state index contributed by atoms with van der Waals surface area (Å²) in [5, 5.41) is 4.10. The Bertz CT molecular complexity index is 535. The topological polar surface area (TPSA) is 24.9 Å². The SMILES string of the molecule is CNC(c1ccc(C)nc1)c1ccc(C)c(Cl)c1. The van der Waals surface area contributed by atoms with Crippen molar-refractivity contribution in [1.29, 1.82) is 0 Å². The molecule has 1 aromatic heterocycles. The molecule has 0 aliphatic heterocycles. The molecule has 1 unspecified atom stereocenters. The van der Waals surface area contributed by atoms with E-state index >= 15 is 0 Å².